The summed E-state index contributed by atoms with van der Waals surface area (Å²) < 4.78 is 77.6. The third kappa shape index (κ3) is 13.4. The number of rotatable bonds is 15. The van der Waals surface area contributed by atoms with Gasteiger partial charge < -0.3 is 29.9 Å². The van der Waals surface area contributed by atoms with E-state index >= 15 is 0 Å². The molecule has 2 aliphatic carbocycles. The molecule has 2 saturated carbocycles. The lowest BCUT2D eigenvalue weighted by molar-refractivity contribution is -0.193. The summed E-state index contributed by atoms with van der Waals surface area (Å²) >= 11 is 7.25. The number of carboxylic acid groups (broad SMARTS) is 4. The fourth-order valence-corrected chi connectivity index (χ4v) is 6.92. The van der Waals surface area contributed by atoms with Crippen molar-refractivity contribution < 1.29 is 75.4 Å². The minimum absolute atomic E-state index is 0.399. The van der Waals surface area contributed by atoms with Crippen LogP contribution < -0.4 is 20.1 Å². The van der Waals surface area contributed by atoms with Crippen molar-refractivity contribution in [3.63, 3.8) is 0 Å². The highest BCUT2D eigenvalue weighted by atomic mass is 79.9. The summed E-state index contributed by atoms with van der Waals surface area (Å²) in [6, 6.07) is 24.2. The maximum atomic E-state index is 11.5. The number of nitrogens with one attached hydrogen (secondary N) is 2. The number of carboxylic acids is 4. The van der Waals surface area contributed by atoms with E-state index < -0.39 is 47.3 Å². The Labute approximate surface area is 367 Å². The van der Waals surface area contributed by atoms with Crippen molar-refractivity contribution in [1.29, 1.82) is 0 Å². The van der Waals surface area contributed by atoms with Crippen molar-refractivity contribution in [2.45, 2.75) is 89.3 Å². The first-order chi connectivity index (χ1) is 28.9. The average molecular weight is 1010 g/mol. The van der Waals surface area contributed by atoms with E-state index in [1.165, 1.54) is 0 Å². The van der Waals surface area contributed by atoms with Gasteiger partial charge in [-0.25, -0.2) is 9.59 Å². The standard InChI is InChI=1S/C38H38Br2N2O6.2C2HF3O2/c1-23-27(21-47-33-11-9-25(17-31(33)39)19-41-37(13-14-37)35(43)44)5-3-7-29(23)30-8-4-6-28(24(30)2)22-48-34-12-10-26(18-32(34)40)20-42-38(15-16-38)36(45)46;2*3-2(4,5)1(6)7/h3-12,17-18,41-42H,13-16,19-22H2,1-2H3,(H,43,44)(H,45,46);2*(H,6,7). The van der Waals surface area contributed by atoms with Gasteiger partial charge in [0.25, 0.3) is 0 Å². The van der Waals surface area contributed by atoms with Crippen molar-refractivity contribution >= 4 is 55.7 Å². The highest BCUT2D eigenvalue weighted by molar-refractivity contribution is 9.11. The topological polar surface area (TPSA) is 192 Å². The van der Waals surface area contributed by atoms with Crippen LogP contribution in [0.25, 0.3) is 11.1 Å². The molecule has 4 aromatic rings. The zero-order valence-corrected chi connectivity index (χ0v) is 36.0. The minimum Gasteiger partial charge on any atom is -0.488 e. The van der Waals surface area contributed by atoms with Crippen LogP contribution in [0.2, 0.25) is 0 Å². The van der Waals surface area contributed by atoms with Gasteiger partial charge in [-0.2, -0.15) is 26.3 Å². The van der Waals surface area contributed by atoms with Crippen LogP contribution in [-0.4, -0.2) is 67.7 Å². The molecule has 0 atom stereocenters. The van der Waals surface area contributed by atoms with Gasteiger partial charge in [-0.1, -0.05) is 48.5 Å². The largest absolute Gasteiger partial charge is 0.490 e. The normalized spacial score (nSPS) is 14.5. The third-order valence-electron chi connectivity index (χ3n) is 10.0. The fraction of sp³-hybridized carbons (Fsp3) is 0.333. The van der Waals surface area contributed by atoms with Gasteiger partial charge in [0.1, 0.15) is 35.8 Å². The van der Waals surface area contributed by atoms with Crippen LogP contribution in [0.1, 0.15) is 59.1 Å². The van der Waals surface area contributed by atoms with E-state index in [0.717, 1.165) is 65.0 Å². The van der Waals surface area contributed by atoms with Gasteiger partial charge in [-0.3, -0.25) is 20.2 Å². The highest BCUT2D eigenvalue weighted by Crippen LogP contribution is 2.38. The first-order valence-electron chi connectivity index (χ1n) is 18.5. The number of halogens is 8. The molecule has 0 radical (unpaired) electrons. The molecule has 6 rings (SSSR count). The van der Waals surface area contributed by atoms with Crippen LogP contribution in [0, 0.1) is 13.8 Å². The van der Waals surface area contributed by atoms with E-state index in [1.54, 1.807) is 0 Å². The van der Waals surface area contributed by atoms with Gasteiger partial charge in [0, 0.05) is 13.1 Å². The van der Waals surface area contributed by atoms with Crippen LogP contribution >= 0.6 is 31.9 Å². The smallest absolute Gasteiger partial charge is 0.488 e. The Morgan fingerprint density at radius 2 is 0.919 bits per heavy atom. The molecule has 0 bridgehead atoms. The number of hydrogen-bond donors (Lipinski definition) is 6. The van der Waals surface area contributed by atoms with E-state index in [1.807, 2.05) is 36.4 Å². The molecule has 20 heteroatoms. The molecule has 0 saturated heterocycles. The zero-order chi connectivity index (χ0) is 46.2. The number of aliphatic carboxylic acids is 4. The van der Waals surface area contributed by atoms with Crippen molar-refractivity contribution in [1.82, 2.24) is 10.6 Å². The molecule has 0 aromatic heterocycles. The van der Waals surface area contributed by atoms with Gasteiger partial charge in [-0.05, 0) is 140 Å². The second kappa shape index (κ2) is 20.3. The molecule has 0 heterocycles. The van der Waals surface area contributed by atoms with Crippen molar-refractivity contribution in [2.75, 3.05) is 0 Å². The second-order valence-electron chi connectivity index (χ2n) is 14.4. The molecule has 0 spiro atoms. The Balaban J connectivity index is 0.000000521. The summed E-state index contributed by atoms with van der Waals surface area (Å²) in [6.45, 7) is 5.99. The van der Waals surface area contributed by atoms with Gasteiger partial charge >= 0.3 is 36.2 Å². The number of benzene rings is 4. The van der Waals surface area contributed by atoms with E-state index in [2.05, 4.69) is 92.7 Å². The predicted molar refractivity (Wildman–Crippen MR) is 219 cm³/mol. The maximum absolute atomic E-state index is 11.5. The molecule has 4 aromatic carbocycles. The van der Waals surface area contributed by atoms with Gasteiger partial charge in [-0.15, -0.1) is 0 Å². The Morgan fingerprint density at radius 1 is 0.597 bits per heavy atom. The first kappa shape index (κ1) is 49.5. The quantitative estimate of drug-likeness (QED) is 0.0620. The van der Waals surface area contributed by atoms with E-state index in [-0.39, 0.29) is 0 Å². The summed E-state index contributed by atoms with van der Waals surface area (Å²) in [7, 11) is 0. The van der Waals surface area contributed by atoms with Crippen LogP contribution in [0.3, 0.4) is 0 Å². The van der Waals surface area contributed by atoms with Crippen LogP contribution in [-0.2, 0) is 45.5 Å². The zero-order valence-electron chi connectivity index (χ0n) is 32.8. The molecule has 0 amide bonds. The molecule has 62 heavy (non-hydrogen) atoms. The molecule has 0 unspecified atom stereocenters. The molecule has 2 aliphatic rings. The lowest BCUT2D eigenvalue weighted by Gasteiger charge is -2.18. The van der Waals surface area contributed by atoms with Gasteiger partial charge in [0.2, 0.25) is 0 Å². The molecular weight excluding hydrogens is 966 g/mol. The Hall–Kier alpha value is -5.18. The molecular formula is C42H40Br2F6N2O10. The van der Waals surface area contributed by atoms with Gasteiger partial charge in [0.15, 0.2) is 0 Å². The highest BCUT2D eigenvalue weighted by Gasteiger charge is 2.50. The summed E-state index contributed by atoms with van der Waals surface area (Å²) in [5, 5.41) is 39.4. The number of ether oxygens (including phenoxy) is 2. The molecule has 334 valence electrons. The lowest BCUT2D eigenvalue weighted by atomic mass is 9.92. The minimum atomic E-state index is -5.08. The third-order valence-corrected chi connectivity index (χ3v) is 11.2. The Bertz CT molecular complexity index is 2140. The van der Waals surface area contributed by atoms with Gasteiger partial charge in [0.05, 0.1) is 8.95 Å². The monoisotopic (exact) mass is 1000 g/mol. The van der Waals surface area contributed by atoms with E-state index in [9.17, 15) is 46.1 Å². The number of hydrogen-bond acceptors (Lipinski definition) is 8. The van der Waals surface area contributed by atoms with Crippen LogP contribution in [0.5, 0.6) is 11.5 Å². The van der Waals surface area contributed by atoms with E-state index in [4.69, 9.17) is 29.3 Å². The molecule has 12 nitrogen and oxygen atoms in total. The first-order valence-corrected chi connectivity index (χ1v) is 20.0. The maximum Gasteiger partial charge on any atom is 0.490 e. The predicted octanol–water partition coefficient (Wildman–Crippen LogP) is 9.33. The summed E-state index contributed by atoms with van der Waals surface area (Å²) in [5.74, 6) is -5.65. The van der Waals surface area contributed by atoms with Crippen LogP contribution in [0.15, 0.2) is 81.7 Å². The summed E-state index contributed by atoms with van der Waals surface area (Å²) in [4.78, 5) is 40.7. The lowest BCUT2D eigenvalue weighted by Crippen LogP contribution is -2.38. The number of carbonyl (C=O) groups is 4. The van der Waals surface area contributed by atoms with Crippen LogP contribution in [0.4, 0.5) is 26.3 Å². The van der Waals surface area contributed by atoms with Crippen molar-refractivity contribution in [3.8, 4) is 22.6 Å². The van der Waals surface area contributed by atoms with Crippen molar-refractivity contribution in [3.05, 3.63) is 115 Å². The second-order valence-corrected chi connectivity index (χ2v) is 16.1. The Morgan fingerprint density at radius 3 is 1.18 bits per heavy atom. The number of alkyl halides is 6. The average Bonchev–Trinajstić information content (AvgIpc) is 4.13. The molecule has 6 N–H and O–H groups in total. The molecule has 2 fully saturated rings. The van der Waals surface area contributed by atoms with E-state index in [0.29, 0.717) is 52.0 Å². The Kier molecular flexibility index (Phi) is 16.2. The fourth-order valence-electron chi connectivity index (χ4n) is 5.84. The summed E-state index contributed by atoms with van der Waals surface area (Å²) in [6.07, 6.45) is -7.53. The summed E-state index contributed by atoms with van der Waals surface area (Å²) in [5.41, 5.74) is 7.14. The molecule has 0 aliphatic heterocycles. The van der Waals surface area contributed by atoms with Crippen molar-refractivity contribution in [2.24, 2.45) is 0 Å². The SMILES string of the molecule is Cc1c(COc2ccc(CNC3(C(=O)O)CC3)cc2Br)cccc1-c1cccc(COc2ccc(CNC3(C(=O)O)CC3)cc2Br)c1C.O=C(O)C(F)(F)F.O=C(O)C(F)(F)F.